The minimum atomic E-state index is 0.0487. The summed E-state index contributed by atoms with van der Waals surface area (Å²) >= 11 is 0. The van der Waals surface area contributed by atoms with Crippen LogP contribution in [0.3, 0.4) is 0 Å². The summed E-state index contributed by atoms with van der Waals surface area (Å²) in [4.78, 5) is 4.17. The number of ether oxygens (including phenoxy) is 2. The molecule has 2 N–H and O–H groups in total. The minimum absolute atomic E-state index is 0.0487. The first kappa shape index (κ1) is 14.9. The van der Waals surface area contributed by atoms with Crippen LogP contribution in [-0.4, -0.2) is 36.4 Å². The van der Waals surface area contributed by atoms with Crippen LogP contribution in [0, 0.1) is 5.92 Å². The maximum Gasteiger partial charge on any atom is 0.0729 e. The third-order valence-corrected chi connectivity index (χ3v) is 5.03. The van der Waals surface area contributed by atoms with Gasteiger partial charge in [-0.25, -0.2) is 0 Å². The molecule has 3 rings (SSSR count). The minimum Gasteiger partial charge on any atom is -0.381 e. The van der Waals surface area contributed by atoms with Gasteiger partial charge in [0.05, 0.1) is 5.60 Å². The molecule has 0 bridgehead atoms. The van der Waals surface area contributed by atoms with Crippen LogP contribution < -0.4 is 5.73 Å². The molecule has 1 aromatic rings. The van der Waals surface area contributed by atoms with E-state index >= 15 is 0 Å². The second kappa shape index (κ2) is 6.86. The summed E-state index contributed by atoms with van der Waals surface area (Å²) in [6.45, 7) is 2.51. The summed E-state index contributed by atoms with van der Waals surface area (Å²) in [5, 5.41) is 0. The van der Waals surface area contributed by atoms with Crippen LogP contribution in [-0.2, 0) is 15.9 Å². The Labute approximate surface area is 127 Å². The van der Waals surface area contributed by atoms with Crippen LogP contribution in [0.2, 0.25) is 0 Å². The van der Waals surface area contributed by atoms with Crippen LogP contribution in [0.5, 0.6) is 0 Å². The fourth-order valence-corrected chi connectivity index (χ4v) is 3.64. The fraction of sp³-hybridized carbons (Fsp3) is 0.706. The molecular weight excluding hydrogens is 264 g/mol. The number of nitrogens with zero attached hydrogens (tertiary/aromatic N) is 1. The third kappa shape index (κ3) is 3.82. The van der Waals surface area contributed by atoms with Gasteiger partial charge in [0.15, 0.2) is 0 Å². The molecule has 1 aromatic heterocycles. The van der Waals surface area contributed by atoms with Crippen molar-refractivity contribution in [2.75, 3.05) is 19.8 Å². The van der Waals surface area contributed by atoms with E-state index in [0.717, 1.165) is 58.3 Å². The quantitative estimate of drug-likeness (QED) is 0.924. The van der Waals surface area contributed by atoms with Gasteiger partial charge >= 0.3 is 0 Å². The first-order chi connectivity index (χ1) is 10.3. The Morgan fingerprint density at radius 1 is 1.33 bits per heavy atom. The van der Waals surface area contributed by atoms with Gasteiger partial charge in [0.1, 0.15) is 0 Å². The van der Waals surface area contributed by atoms with Gasteiger partial charge in [-0.2, -0.15) is 0 Å². The van der Waals surface area contributed by atoms with Gasteiger partial charge in [0, 0.05) is 38.3 Å². The zero-order valence-electron chi connectivity index (χ0n) is 12.7. The Morgan fingerprint density at radius 2 is 2.19 bits per heavy atom. The number of pyridine rings is 1. The number of aromatic nitrogens is 1. The largest absolute Gasteiger partial charge is 0.381 e. The van der Waals surface area contributed by atoms with E-state index in [1.54, 1.807) is 0 Å². The van der Waals surface area contributed by atoms with Crippen LogP contribution in [0.25, 0.3) is 0 Å². The number of rotatable bonds is 4. The lowest BCUT2D eigenvalue weighted by Crippen LogP contribution is -2.48. The number of aryl methyl sites for hydroxylation is 1. The first-order valence-electron chi connectivity index (χ1n) is 8.14. The van der Waals surface area contributed by atoms with Crippen molar-refractivity contribution in [1.82, 2.24) is 4.98 Å². The van der Waals surface area contributed by atoms with Crippen LogP contribution in [0.4, 0.5) is 0 Å². The molecule has 0 radical (unpaired) electrons. The molecule has 2 atom stereocenters. The van der Waals surface area contributed by atoms with Crippen molar-refractivity contribution in [2.45, 2.75) is 50.2 Å². The van der Waals surface area contributed by atoms with Crippen molar-refractivity contribution >= 4 is 0 Å². The van der Waals surface area contributed by atoms with E-state index in [1.165, 1.54) is 5.56 Å². The highest BCUT2D eigenvalue weighted by molar-refractivity contribution is 5.08. The fourth-order valence-electron chi connectivity index (χ4n) is 3.64. The zero-order valence-corrected chi connectivity index (χ0v) is 12.7. The molecule has 2 aliphatic rings. The molecule has 0 saturated carbocycles. The van der Waals surface area contributed by atoms with E-state index in [-0.39, 0.29) is 11.6 Å². The lowest BCUT2D eigenvalue weighted by molar-refractivity contribution is -0.149. The third-order valence-electron chi connectivity index (χ3n) is 5.03. The van der Waals surface area contributed by atoms with Gasteiger partial charge in [-0.1, -0.05) is 6.07 Å². The van der Waals surface area contributed by atoms with Crippen molar-refractivity contribution in [1.29, 1.82) is 0 Å². The lowest BCUT2D eigenvalue weighted by Gasteiger charge is -2.44. The molecule has 4 heteroatoms. The summed E-state index contributed by atoms with van der Waals surface area (Å²) in [5.41, 5.74) is 7.81. The maximum absolute atomic E-state index is 6.48. The predicted octanol–water partition coefficient (Wildman–Crippen LogP) is 2.32. The molecule has 21 heavy (non-hydrogen) atoms. The molecular formula is C17H26N2O2. The summed E-state index contributed by atoms with van der Waals surface area (Å²) in [5.74, 6) is 0.577. The van der Waals surface area contributed by atoms with Crippen molar-refractivity contribution in [3.8, 4) is 0 Å². The van der Waals surface area contributed by atoms with Crippen molar-refractivity contribution < 1.29 is 9.47 Å². The maximum atomic E-state index is 6.48. The normalized spacial score (nSPS) is 26.6. The lowest BCUT2D eigenvalue weighted by atomic mass is 9.77. The van der Waals surface area contributed by atoms with Crippen LogP contribution in [0.1, 0.15) is 37.7 Å². The molecule has 1 spiro atoms. The molecule has 2 unspecified atom stereocenters. The summed E-state index contributed by atoms with van der Waals surface area (Å²) in [6, 6.07) is 4.38. The molecule has 0 amide bonds. The second-order valence-corrected chi connectivity index (χ2v) is 6.46. The average Bonchev–Trinajstić information content (AvgIpc) is 2.54. The zero-order chi connectivity index (χ0) is 14.5. The van der Waals surface area contributed by atoms with E-state index < -0.39 is 0 Å². The van der Waals surface area contributed by atoms with Gasteiger partial charge in [-0.05, 0) is 56.1 Å². The van der Waals surface area contributed by atoms with Gasteiger partial charge in [0.25, 0.3) is 0 Å². The Balaban J connectivity index is 1.53. The summed E-state index contributed by atoms with van der Waals surface area (Å²) in [7, 11) is 0. The topological polar surface area (TPSA) is 57.4 Å². The van der Waals surface area contributed by atoms with E-state index in [9.17, 15) is 0 Å². The highest BCUT2D eigenvalue weighted by atomic mass is 16.5. The van der Waals surface area contributed by atoms with Crippen molar-refractivity contribution in [2.24, 2.45) is 11.7 Å². The highest BCUT2D eigenvalue weighted by Crippen LogP contribution is 2.38. The first-order valence-corrected chi connectivity index (χ1v) is 8.14. The van der Waals surface area contributed by atoms with Gasteiger partial charge in [0.2, 0.25) is 0 Å². The van der Waals surface area contributed by atoms with Gasteiger partial charge < -0.3 is 15.2 Å². The molecule has 2 fully saturated rings. The number of hydrogen-bond donors (Lipinski definition) is 1. The number of hydrogen-bond acceptors (Lipinski definition) is 4. The second-order valence-electron chi connectivity index (χ2n) is 6.46. The molecule has 0 aromatic carbocycles. The van der Waals surface area contributed by atoms with Crippen molar-refractivity contribution in [3.63, 3.8) is 0 Å². The van der Waals surface area contributed by atoms with Gasteiger partial charge in [-0.3, -0.25) is 4.98 Å². The Morgan fingerprint density at radius 3 is 2.95 bits per heavy atom. The molecule has 2 saturated heterocycles. The Hall–Kier alpha value is -0.970. The van der Waals surface area contributed by atoms with Gasteiger partial charge in [-0.15, -0.1) is 0 Å². The molecule has 2 aliphatic heterocycles. The van der Waals surface area contributed by atoms with E-state index in [2.05, 4.69) is 11.1 Å². The predicted molar refractivity (Wildman–Crippen MR) is 82.0 cm³/mol. The standard InChI is InChI=1S/C17H26N2O2/c18-16(4-3-14-2-1-8-19-13-14)15-5-9-21-17(12-15)6-10-20-11-7-17/h1-2,8,13,15-16H,3-7,9-12,18H2. The molecule has 0 aliphatic carbocycles. The van der Waals surface area contributed by atoms with E-state index in [4.69, 9.17) is 15.2 Å². The monoisotopic (exact) mass is 290 g/mol. The molecule has 116 valence electrons. The number of nitrogens with two attached hydrogens (primary N) is 1. The summed E-state index contributed by atoms with van der Waals surface area (Å²) in [6.07, 6.45) is 10.1. The smallest absolute Gasteiger partial charge is 0.0729 e. The van der Waals surface area contributed by atoms with E-state index in [1.807, 2.05) is 18.5 Å². The molecule has 3 heterocycles. The van der Waals surface area contributed by atoms with E-state index in [0.29, 0.717) is 5.92 Å². The van der Waals surface area contributed by atoms with Crippen LogP contribution in [0.15, 0.2) is 24.5 Å². The molecule has 4 nitrogen and oxygen atoms in total. The highest BCUT2D eigenvalue weighted by Gasteiger charge is 2.40. The summed E-state index contributed by atoms with van der Waals surface area (Å²) < 4.78 is 11.6. The SMILES string of the molecule is NC(CCc1cccnc1)C1CCOC2(CCOCC2)C1. The Bertz CT molecular complexity index is 426. The Kier molecular flexibility index (Phi) is 4.88. The average molecular weight is 290 g/mol. The van der Waals surface area contributed by atoms with Crippen molar-refractivity contribution in [3.05, 3.63) is 30.1 Å². The van der Waals surface area contributed by atoms with Crippen LogP contribution >= 0.6 is 0 Å².